The molecule has 1 heterocycles. The number of nitrogens with two attached hydrogens (primary N) is 1. The number of aryl methyl sites for hydroxylation is 1. The van der Waals surface area contributed by atoms with Crippen LogP contribution in [0.25, 0.3) is 0 Å². The van der Waals surface area contributed by atoms with Crippen LogP contribution >= 0.6 is 0 Å². The number of para-hydroxylation sites is 1. The monoisotopic (exact) mass is 392 g/mol. The Labute approximate surface area is 159 Å². The van der Waals surface area contributed by atoms with E-state index in [1.54, 1.807) is 4.90 Å². The zero-order valence-electron chi connectivity index (χ0n) is 14.9. The first-order chi connectivity index (χ1) is 13.3. The third-order valence-electron chi connectivity index (χ3n) is 4.16. The third kappa shape index (κ3) is 5.15. The Hall–Kier alpha value is -3.23. The molecule has 6 nitrogen and oxygen atoms in total. The number of halogens is 3. The molecule has 0 fully saturated rings. The average molecular weight is 392 g/mol. The van der Waals surface area contributed by atoms with Gasteiger partial charge in [-0.3, -0.25) is 4.79 Å². The topological polar surface area (TPSA) is 80.0 Å². The largest absolute Gasteiger partial charge is 0.573 e. The minimum Gasteiger partial charge on any atom is -0.406 e. The summed E-state index contributed by atoms with van der Waals surface area (Å²) < 4.78 is 40.3. The van der Waals surface area contributed by atoms with E-state index in [0.717, 1.165) is 36.2 Å². The van der Waals surface area contributed by atoms with Gasteiger partial charge >= 0.3 is 6.36 Å². The number of hydrogen-bond acceptors (Lipinski definition) is 3. The maximum Gasteiger partial charge on any atom is 0.573 e. The average Bonchev–Trinajstić information content (AvgIpc) is 2.66. The number of amides is 1. The number of carbonyl (C=O) groups is 1. The maximum absolute atomic E-state index is 12.5. The van der Waals surface area contributed by atoms with E-state index in [2.05, 4.69) is 15.0 Å². The van der Waals surface area contributed by atoms with Gasteiger partial charge in [0.2, 0.25) is 5.91 Å². The Morgan fingerprint density at radius 3 is 2.61 bits per heavy atom. The fraction of sp³-hybridized carbons (Fsp3) is 0.263. The van der Waals surface area contributed by atoms with Crippen molar-refractivity contribution >= 4 is 23.2 Å². The van der Waals surface area contributed by atoms with Crippen molar-refractivity contribution in [1.29, 1.82) is 0 Å². The van der Waals surface area contributed by atoms with E-state index >= 15 is 0 Å². The zero-order chi connectivity index (χ0) is 20.1. The second-order valence-corrected chi connectivity index (χ2v) is 6.18. The second-order valence-electron chi connectivity index (χ2n) is 6.18. The molecule has 0 bridgehead atoms. The molecule has 1 amide bonds. The summed E-state index contributed by atoms with van der Waals surface area (Å²) in [5.41, 5.74) is 8.21. The van der Waals surface area contributed by atoms with Crippen molar-refractivity contribution in [2.45, 2.75) is 19.2 Å². The molecule has 9 heteroatoms. The van der Waals surface area contributed by atoms with Gasteiger partial charge in [0.25, 0.3) is 0 Å². The van der Waals surface area contributed by atoms with E-state index in [1.165, 1.54) is 12.1 Å². The number of fused-ring (bicyclic) bond motifs is 1. The highest BCUT2D eigenvalue weighted by atomic mass is 19.4. The Kier molecular flexibility index (Phi) is 5.72. The van der Waals surface area contributed by atoms with Gasteiger partial charge in [-0.25, -0.2) is 4.99 Å². The molecule has 2 aromatic rings. The summed E-state index contributed by atoms with van der Waals surface area (Å²) in [4.78, 5) is 18.2. The molecule has 3 rings (SSSR count). The van der Waals surface area contributed by atoms with Crippen molar-refractivity contribution in [3.63, 3.8) is 0 Å². The highest BCUT2D eigenvalue weighted by Crippen LogP contribution is 2.27. The van der Waals surface area contributed by atoms with Gasteiger partial charge in [0, 0.05) is 17.9 Å². The Balaban J connectivity index is 1.58. The van der Waals surface area contributed by atoms with Crippen LogP contribution in [0.5, 0.6) is 5.75 Å². The quantitative estimate of drug-likeness (QED) is 0.618. The lowest BCUT2D eigenvalue weighted by molar-refractivity contribution is -0.274. The Bertz CT molecular complexity index is 866. The van der Waals surface area contributed by atoms with E-state index < -0.39 is 6.36 Å². The van der Waals surface area contributed by atoms with Gasteiger partial charge in [-0.2, -0.15) is 0 Å². The van der Waals surface area contributed by atoms with E-state index in [-0.39, 0.29) is 24.2 Å². The highest BCUT2D eigenvalue weighted by Gasteiger charge is 2.31. The number of nitrogens with one attached hydrogen (secondary N) is 1. The van der Waals surface area contributed by atoms with Gasteiger partial charge in [-0.05, 0) is 48.7 Å². The number of nitrogens with zero attached hydrogens (tertiary/aromatic N) is 2. The first-order valence-electron chi connectivity index (χ1n) is 8.63. The highest BCUT2D eigenvalue weighted by molar-refractivity contribution is 5.99. The van der Waals surface area contributed by atoms with Crippen LogP contribution in [0.15, 0.2) is 53.5 Å². The number of guanidine groups is 1. The van der Waals surface area contributed by atoms with E-state index in [0.29, 0.717) is 12.2 Å². The predicted molar refractivity (Wildman–Crippen MR) is 100 cm³/mol. The van der Waals surface area contributed by atoms with Crippen molar-refractivity contribution in [3.05, 3.63) is 54.1 Å². The van der Waals surface area contributed by atoms with Crippen LogP contribution in [0, 0.1) is 0 Å². The van der Waals surface area contributed by atoms with Crippen molar-refractivity contribution < 1.29 is 22.7 Å². The fourth-order valence-corrected chi connectivity index (χ4v) is 2.96. The van der Waals surface area contributed by atoms with Gasteiger partial charge in [0.05, 0.1) is 0 Å². The van der Waals surface area contributed by atoms with Gasteiger partial charge in [0.1, 0.15) is 12.3 Å². The van der Waals surface area contributed by atoms with Crippen LogP contribution in [-0.4, -0.2) is 31.3 Å². The van der Waals surface area contributed by atoms with E-state index in [4.69, 9.17) is 5.73 Å². The molecule has 28 heavy (non-hydrogen) atoms. The SMILES string of the molecule is NC(=NCC(=O)N1CCCc2ccccc21)Nc1ccc(OC(F)(F)F)cc1. The van der Waals surface area contributed by atoms with Crippen LogP contribution in [0.2, 0.25) is 0 Å². The summed E-state index contributed by atoms with van der Waals surface area (Å²) in [6, 6.07) is 12.8. The standard InChI is InChI=1S/C19H19F3N4O2/c20-19(21,22)28-15-9-7-14(8-10-15)25-18(23)24-12-17(27)26-11-3-5-13-4-1-2-6-16(13)26/h1-2,4,6-10H,3,5,11-12H2,(H3,23,24,25). The summed E-state index contributed by atoms with van der Waals surface area (Å²) in [5, 5.41) is 2.73. The van der Waals surface area contributed by atoms with Crippen LogP contribution in [0.1, 0.15) is 12.0 Å². The minimum absolute atomic E-state index is 0.0110. The number of rotatable bonds is 4. The van der Waals surface area contributed by atoms with Crippen molar-refractivity contribution in [3.8, 4) is 5.75 Å². The predicted octanol–water partition coefficient (Wildman–Crippen LogP) is 3.29. The maximum atomic E-state index is 12.5. The van der Waals surface area contributed by atoms with Crippen LogP contribution in [-0.2, 0) is 11.2 Å². The molecule has 0 atom stereocenters. The lowest BCUT2D eigenvalue weighted by Gasteiger charge is -2.29. The number of anilines is 2. The molecular formula is C19H19F3N4O2. The fourth-order valence-electron chi connectivity index (χ4n) is 2.96. The molecular weight excluding hydrogens is 373 g/mol. The van der Waals surface area contributed by atoms with Gasteiger partial charge < -0.3 is 20.7 Å². The smallest absolute Gasteiger partial charge is 0.406 e. The molecule has 0 saturated carbocycles. The summed E-state index contributed by atoms with van der Waals surface area (Å²) in [7, 11) is 0. The Morgan fingerprint density at radius 1 is 1.18 bits per heavy atom. The summed E-state index contributed by atoms with van der Waals surface area (Å²) >= 11 is 0. The minimum atomic E-state index is -4.75. The van der Waals surface area contributed by atoms with Gasteiger partial charge in [-0.15, -0.1) is 13.2 Å². The lowest BCUT2D eigenvalue weighted by atomic mass is 10.0. The van der Waals surface area contributed by atoms with Crippen molar-refractivity contribution in [1.82, 2.24) is 0 Å². The Morgan fingerprint density at radius 2 is 1.89 bits per heavy atom. The van der Waals surface area contributed by atoms with E-state index in [9.17, 15) is 18.0 Å². The van der Waals surface area contributed by atoms with Gasteiger partial charge in [-0.1, -0.05) is 18.2 Å². The van der Waals surface area contributed by atoms with Crippen molar-refractivity contribution in [2.24, 2.45) is 10.7 Å². The first-order valence-corrected chi connectivity index (χ1v) is 8.63. The lowest BCUT2D eigenvalue weighted by Crippen LogP contribution is -2.37. The molecule has 1 aliphatic heterocycles. The third-order valence-corrected chi connectivity index (χ3v) is 4.16. The van der Waals surface area contributed by atoms with E-state index in [1.807, 2.05) is 24.3 Å². The molecule has 3 N–H and O–H groups in total. The summed E-state index contributed by atoms with van der Waals surface area (Å²) in [6.07, 6.45) is -2.93. The zero-order valence-corrected chi connectivity index (χ0v) is 14.9. The van der Waals surface area contributed by atoms with Crippen LogP contribution in [0.4, 0.5) is 24.5 Å². The summed E-state index contributed by atoms with van der Waals surface area (Å²) in [6.45, 7) is 0.488. The molecule has 1 aliphatic rings. The number of hydrogen-bond donors (Lipinski definition) is 2. The molecule has 0 spiro atoms. The molecule has 0 aliphatic carbocycles. The van der Waals surface area contributed by atoms with Crippen LogP contribution < -0.4 is 20.7 Å². The first kappa shape index (κ1) is 19.5. The van der Waals surface area contributed by atoms with Crippen LogP contribution in [0.3, 0.4) is 0 Å². The molecule has 148 valence electrons. The van der Waals surface area contributed by atoms with Crippen molar-refractivity contribution in [2.75, 3.05) is 23.3 Å². The number of carbonyl (C=O) groups excluding carboxylic acids is 1. The normalized spacial score (nSPS) is 14.4. The molecule has 2 aromatic carbocycles. The van der Waals surface area contributed by atoms with Gasteiger partial charge in [0.15, 0.2) is 5.96 Å². The second kappa shape index (κ2) is 8.20. The number of ether oxygens (including phenoxy) is 1. The molecule has 0 saturated heterocycles. The number of alkyl halides is 3. The molecule has 0 radical (unpaired) electrons. The number of aliphatic imine (C=N–C) groups is 1. The molecule has 0 aromatic heterocycles. The number of benzene rings is 2. The summed E-state index contributed by atoms with van der Waals surface area (Å²) in [5.74, 6) is -0.526. The molecule has 0 unspecified atom stereocenters.